The molecule has 5 nitrogen and oxygen atoms in total. The molecule has 102 valence electrons. The molecule has 20 heavy (non-hydrogen) atoms. The van der Waals surface area contributed by atoms with Gasteiger partial charge in [0.15, 0.2) is 0 Å². The summed E-state index contributed by atoms with van der Waals surface area (Å²) in [5, 5.41) is 11.6. The van der Waals surface area contributed by atoms with Gasteiger partial charge in [-0.15, -0.1) is 0 Å². The first-order chi connectivity index (χ1) is 9.58. The number of hydrogen-bond donors (Lipinski definition) is 2. The molecule has 0 aliphatic heterocycles. The summed E-state index contributed by atoms with van der Waals surface area (Å²) in [5.74, 6) is -1.26. The quantitative estimate of drug-likeness (QED) is 0.893. The zero-order chi connectivity index (χ0) is 14.5. The number of hydrogen-bond acceptors (Lipinski definition) is 3. The minimum Gasteiger partial charge on any atom is -0.478 e. The topological polar surface area (TPSA) is 79.3 Å². The molecule has 0 saturated heterocycles. The molecule has 5 heteroatoms. The van der Waals surface area contributed by atoms with E-state index in [0.29, 0.717) is 5.56 Å². The molecular weight excluding hydrogens is 256 g/mol. The van der Waals surface area contributed by atoms with E-state index >= 15 is 0 Å². The van der Waals surface area contributed by atoms with E-state index in [2.05, 4.69) is 10.3 Å². The molecule has 2 aromatic rings. The van der Waals surface area contributed by atoms with E-state index in [9.17, 15) is 9.59 Å². The number of carbonyl (C=O) groups excluding carboxylic acids is 1. The Bertz CT molecular complexity index is 609. The van der Waals surface area contributed by atoms with Gasteiger partial charge in [-0.25, -0.2) is 4.79 Å². The van der Waals surface area contributed by atoms with Gasteiger partial charge in [0.25, 0.3) is 5.91 Å². The zero-order valence-corrected chi connectivity index (χ0v) is 10.9. The summed E-state index contributed by atoms with van der Waals surface area (Å²) >= 11 is 0. The number of carbonyl (C=O) groups is 2. The van der Waals surface area contributed by atoms with Gasteiger partial charge in [-0.1, -0.05) is 6.07 Å². The number of pyridine rings is 1. The third-order valence-electron chi connectivity index (χ3n) is 2.93. The average Bonchev–Trinajstić information content (AvgIpc) is 2.48. The fourth-order valence-electron chi connectivity index (χ4n) is 1.76. The van der Waals surface area contributed by atoms with Crippen molar-refractivity contribution in [3.05, 3.63) is 65.5 Å². The lowest BCUT2D eigenvalue weighted by Crippen LogP contribution is -2.26. The van der Waals surface area contributed by atoms with Crippen LogP contribution in [0.5, 0.6) is 0 Å². The molecule has 1 aromatic carbocycles. The lowest BCUT2D eigenvalue weighted by Gasteiger charge is -2.13. The van der Waals surface area contributed by atoms with Crippen LogP contribution >= 0.6 is 0 Å². The summed E-state index contributed by atoms with van der Waals surface area (Å²) in [6.45, 7) is 1.86. The number of carboxylic acid groups (broad SMARTS) is 1. The summed E-state index contributed by atoms with van der Waals surface area (Å²) in [7, 11) is 0. The van der Waals surface area contributed by atoms with Gasteiger partial charge in [0, 0.05) is 18.0 Å². The van der Waals surface area contributed by atoms with Gasteiger partial charge in [-0.3, -0.25) is 9.78 Å². The second kappa shape index (κ2) is 5.97. The van der Waals surface area contributed by atoms with Crippen LogP contribution in [0, 0.1) is 0 Å². The highest BCUT2D eigenvalue weighted by Crippen LogP contribution is 2.12. The van der Waals surface area contributed by atoms with Gasteiger partial charge in [-0.2, -0.15) is 0 Å². The van der Waals surface area contributed by atoms with E-state index in [1.807, 2.05) is 13.0 Å². The largest absolute Gasteiger partial charge is 0.478 e. The lowest BCUT2D eigenvalue weighted by molar-refractivity contribution is 0.0696. The number of aromatic nitrogens is 1. The minimum absolute atomic E-state index is 0.154. The van der Waals surface area contributed by atoms with Crippen molar-refractivity contribution in [3.8, 4) is 0 Å². The molecule has 1 heterocycles. The number of rotatable bonds is 4. The van der Waals surface area contributed by atoms with Crippen molar-refractivity contribution in [1.82, 2.24) is 10.3 Å². The Morgan fingerprint density at radius 3 is 2.35 bits per heavy atom. The lowest BCUT2D eigenvalue weighted by atomic mass is 10.1. The van der Waals surface area contributed by atoms with Crippen LogP contribution in [-0.2, 0) is 0 Å². The minimum atomic E-state index is -1.01. The average molecular weight is 270 g/mol. The van der Waals surface area contributed by atoms with Crippen LogP contribution in [0.15, 0.2) is 48.8 Å². The van der Waals surface area contributed by atoms with Gasteiger partial charge < -0.3 is 10.4 Å². The molecule has 0 saturated carbocycles. The van der Waals surface area contributed by atoms with Gasteiger partial charge in [-0.05, 0) is 42.8 Å². The Kier molecular flexibility index (Phi) is 4.10. The predicted octanol–water partition coefficient (Wildman–Crippen LogP) is 2.27. The SMILES string of the molecule is CC(NC(=O)c1ccc(C(=O)O)cc1)c1cccnc1. The van der Waals surface area contributed by atoms with Crippen LogP contribution in [0.2, 0.25) is 0 Å². The standard InChI is InChI=1S/C15H14N2O3/c1-10(13-3-2-8-16-9-13)17-14(18)11-4-6-12(7-5-11)15(19)20/h2-10H,1H3,(H,17,18)(H,19,20). The van der Waals surface area contributed by atoms with Crippen molar-refractivity contribution in [2.75, 3.05) is 0 Å². The summed E-state index contributed by atoms with van der Waals surface area (Å²) in [6.07, 6.45) is 3.36. The molecule has 0 fully saturated rings. The number of nitrogens with one attached hydrogen (secondary N) is 1. The molecular formula is C15H14N2O3. The third-order valence-corrected chi connectivity index (χ3v) is 2.93. The monoisotopic (exact) mass is 270 g/mol. The van der Waals surface area contributed by atoms with Crippen molar-refractivity contribution >= 4 is 11.9 Å². The molecule has 2 N–H and O–H groups in total. The predicted molar refractivity (Wildman–Crippen MR) is 73.5 cm³/mol. The number of nitrogens with zero attached hydrogens (tertiary/aromatic N) is 1. The highest BCUT2D eigenvalue weighted by atomic mass is 16.4. The number of carboxylic acids is 1. The van der Waals surface area contributed by atoms with Crippen molar-refractivity contribution in [3.63, 3.8) is 0 Å². The first kappa shape index (κ1) is 13.7. The molecule has 0 aliphatic rings. The fourth-order valence-corrected chi connectivity index (χ4v) is 1.76. The summed E-state index contributed by atoms with van der Waals surface area (Å²) in [5.41, 5.74) is 1.48. The molecule has 0 radical (unpaired) electrons. The van der Waals surface area contributed by atoms with Crippen molar-refractivity contribution in [2.45, 2.75) is 13.0 Å². The van der Waals surface area contributed by atoms with Crippen LogP contribution in [0.25, 0.3) is 0 Å². The molecule has 0 bridgehead atoms. The summed E-state index contributed by atoms with van der Waals surface area (Å²) < 4.78 is 0. The van der Waals surface area contributed by atoms with E-state index in [0.717, 1.165) is 5.56 Å². The van der Waals surface area contributed by atoms with Gasteiger partial charge in [0.1, 0.15) is 0 Å². The van der Waals surface area contributed by atoms with Crippen molar-refractivity contribution < 1.29 is 14.7 Å². The van der Waals surface area contributed by atoms with Crippen molar-refractivity contribution in [2.24, 2.45) is 0 Å². The Balaban J connectivity index is 2.06. The Morgan fingerprint density at radius 2 is 1.80 bits per heavy atom. The van der Waals surface area contributed by atoms with E-state index in [-0.39, 0.29) is 17.5 Å². The Morgan fingerprint density at radius 1 is 1.15 bits per heavy atom. The molecule has 0 spiro atoms. The zero-order valence-electron chi connectivity index (χ0n) is 10.9. The number of benzene rings is 1. The molecule has 0 aliphatic carbocycles. The van der Waals surface area contributed by atoms with E-state index < -0.39 is 5.97 Å². The van der Waals surface area contributed by atoms with Crippen LogP contribution in [0.1, 0.15) is 39.2 Å². The van der Waals surface area contributed by atoms with Crippen LogP contribution < -0.4 is 5.32 Å². The second-order valence-electron chi connectivity index (χ2n) is 4.36. The Hall–Kier alpha value is -2.69. The molecule has 1 aromatic heterocycles. The van der Waals surface area contributed by atoms with Crippen LogP contribution in [0.4, 0.5) is 0 Å². The maximum absolute atomic E-state index is 12.0. The third kappa shape index (κ3) is 3.20. The molecule has 2 rings (SSSR count). The van der Waals surface area contributed by atoms with Gasteiger partial charge in [0.05, 0.1) is 11.6 Å². The van der Waals surface area contributed by atoms with E-state index in [1.165, 1.54) is 24.3 Å². The molecule has 1 atom stereocenters. The maximum Gasteiger partial charge on any atom is 0.335 e. The smallest absolute Gasteiger partial charge is 0.335 e. The van der Waals surface area contributed by atoms with E-state index in [1.54, 1.807) is 18.5 Å². The summed E-state index contributed by atoms with van der Waals surface area (Å²) in [6, 6.07) is 9.32. The Labute approximate surface area is 116 Å². The molecule has 1 amide bonds. The van der Waals surface area contributed by atoms with Gasteiger partial charge in [0.2, 0.25) is 0 Å². The van der Waals surface area contributed by atoms with Crippen molar-refractivity contribution in [1.29, 1.82) is 0 Å². The normalized spacial score (nSPS) is 11.7. The van der Waals surface area contributed by atoms with Crippen LogP contribution in [0.3, 0.4) is 0 Å². The van der Waals surface area contributed by atoms with Gasteiger partial charge >= 0.3 is 5.97 Å². The van der Waals surface area contributed by atoms with E-state index in [4.69, 9.17) is 5.11 Å². The first-order valence-corrected chi connectivity index (χ1v) is 6.12. The van der Waals surface area contributed by atoms with Crippen LogP contribution in [-0.4, -0.2) is 22.0 Å². The summed E-state index contributed by atoms with van der Waals surface area (Å²) in [4.78, 5) is 26.8. The second-order valence-corrected chi connectivity index (χ2v) is 4.36. The number of amides is 1. The highest BCUT2D eigenvalue weighted by Gasteiger charge is 2.12. The first-order valence-electron chi connectivity index (χ1n) is 6.12. The fraction of sp³-hybridized carbons (Fsp3) is 0.133. The number of aromatic carboxylic acids is 1. The maximum atomic E-state index is 12.0. The molecule has 1 unspecified atom stereocenters. The highest BCUT2D eigenvalue weighted by molar-refractivity contribution is 5.96.